The summed E-state index contributed by atoms with van der Waals surface area (Å²) in [6, 6.07) is 19.9. The first kappa shape index (κ1) is 13.1. The van der Waals surface area contributed by atoms with Gasteiger partial charge in [0, 0.05) is 6.92 Å². The molecule has 0 saturated heterocycles. The molecule has 0 aliphatic carbocycles. The quantitative estimate of drug-likeness (QED) is 0.884. The Balaban J connectivity index is 2.19. The highest BCUT2D eigenvalue weighted by Gasteiger charge is 2.07. The minimum atomic E-state index is -0.0982. The molecule has 2 nitrogen and oxygen atoms in total. The van der Waals surface area contributed by atoms with E-state index >= 15 is 0 Å². The number of rotatable bonds is 4. The molecule has 0 aromatic heterocycles. The maximum absolute atomic E-state index is 11.3. The molecule has 0 radical (unpaired) electrons. The highest BCUT2D eigenvalue weighted by atomic mass is 16.1. The molecule has 0 spiro atoms. The summed E-state index contributed by atoms with van der Waals surface area (Å²) >= 11 is 0. The monoisotopic (exact) mass is 251 g/mol. The highest BCUT2D eigenvalue weighted by Crippen LogP contribution is 2.15. The molecule has 96 valence electrons. The van der Waals surface area contributed by atoms with Crippen LogP contribution in [-0.4, -0.2) is 5.91 Å². The molecule has 0 fully saturated rings. The number of carbonyl (C=O) groups excluding carboxylic acids is 1. The molecule has 1 unspecified atom stereocenters. The third-order valence-corrected chi connectivity index (χ3v) is 2.80. The largest absolute Gasteiger partial charge is 0.346 e. The van der Waals surface area contributed by atoms with Crippen LogP contribution in [-0.2, 0) is 4.79 Å². The van der Waals surface area contributed by atoms with Crippen molar-refractivity contribution in [1.29, 1.82) is 0 Å². The Morgan fingerprint density at radius 3 is 2.16 bits per heavy atom. The van der Waals surface area contributed by atoms with Gasteiger partial charge in [-0.05, 0) is 11.1 Å². The zero-order valence-corrected chi connectivity index (χ0v) is 10.9. The summed E-state index contributed by atoms with van der Waals surface area (Å²) in [5, 5.41) is 2.94. The predicted octanol–water partition coefficient (Wildman–Crippen LogP) is 3.58. The number of amides is 1. The van der Waals surface area contributed by atoms with Gasteiger partial charge in [0.15, 0.2) is 0 Å². The Labute approximate surface area is 113 Å². The second-order valence-electron chi connectivity index (χ2n) is 4.36. The molecule has 2 heteroatoms. The molecule has 0 aliphatic heterocycles. The van der Waals surface area contributed by atoms with Crippen molar-refractivity contribution in [2.45, 2.75) is 13.0 Å². The van der Waals surface area contributed by atoms with Crippen molar-refractivity contribution in [3.8, 4) is 0 Å². The number of hydrogen-bond acceptors (Lipinski definition) is 1. The van der Waals surface area contributed by atoms with E-state index in [9.17, 15) is 4.79 Å². The van der Waals surface area contributed by atoms with E-state index in [0.717, 1.165) is 11.1 Å². The lowest BCUT2D eigenvalue weighted by Gasteiger charge is -2.14. The summed E-state index contributed by atoms with van der Waals surface area (Å²) in [4.78, 5) is 11.3. The van der Waals surface area contributed by atoms with Crippen LogP contribution >= 0.6 is 0 Å². The molecule has 1 atom stereocenters. The molecule has 2 aromatic rings. The van der Waals surface area contributed by atoms with Crippen LogP contribution < -0.4 is 5.32 Å². The van der Waals surface area contributed by atoms with Gasteiger partial charge in [-0.15, -0.1) is 0 Å². The maximum Gasteiger partial charge on any atom is 0.217 e. The standard InChI is InChI=1S/C17H17NO/c1-14(19)18-17(16-10-6-3-7-11-16)13-12-15-8-4-2-5-9-15/h2-13,17H,1H3,(H,18,19). The summed E-state index contributed by atoms with van der Waals surface area (Å²) < 4.78 is 0. The third kappa shape index (κ3) is 4.11. The van der Waals surface area contributed by atoms with E-state index in [1.54, 1.807) is 0 Å². The van der Waals surface area contributed by atoms with E-state index < -0.39 is 0 Å². The fraction of sp³-hybridized carbons (Fsp3) is 0.118. The van der Waals surface area contributed by atoms with Gasteiger partial charge in [0.05, 0.1) is 6.04 Å². The van der Waals surface area contributed by atoms with Gasteiger partial charge in [0.2, 0.25) is 5.91 Å². The highest BCUT2D eigenvalue weighted by molar-refractivity contribution is 5.74. The van der Waals surface area contributed by atoms with Crippen LogP contribution in [0.2, 0.25) is 0 Å². The summed E-state index contributed by atoms with van der Waals surface area (Å²) in [7, 11) is 0. The van der Waals surface area contributed by atoms with E-state index in [1.165, 1.54) is 6.92 Å². The average molecular weight is 251 g/mol. The van der Waals surface area contributed by atoms with Crippen LogP contribution in [0.25, 0.3) is 6.08 Å². The second kappa shape index (κ2) is 6.55. The minimum Gasteiger partial charge on any atom is -0.346 e. The second-order valence-corrected chi connectivity index (χ2v) is 4.36. The smallest absolute Gasteiger partial charge is 0.217 e. The van der Waals surface area contributed by atoms with Crippen molar-refractivity contribution in [2.24, 2.45) is 0 Å². The van der Waals surface area contributed by atoms with Crippen LogP contribution in [0.5, 0.6) is 0 Å². The number of nitrogens with one attached hydrogen (secondary N) is 1. The normalized spacial score (nSPS) is 12.3. The first-order chi connectivity index (χ1) is 9.25. The summed E-state index contributed by atoms with van der Waals surface area (Å²) in [6.45, 7) is 1.53. The molecule has 2 rings (SSSR count). The van der Waals surface area contributed by atoms with Gasteiger partial charge in [0.25, 0.3) is 0 Å². The van der Waals surface area contributed by atoms with Gasteiger partial charge in [-0.3, -0.25) is 4.79 Å². The first-order valence-electron chi connectivity index (χ1n) is 6.31. The molecule has 2 aromatic carbocycles. The summed E-state index contributed by atoms with van der Waals surface area (Å²) in [5.41, 5.74) is 2.19. The number of carbonyl (C=O) groups is 1. The van der Waals surface area contributed by atoms with Crippen molar-refractivity contribution in [2.75, 3.05) is 0 Å². The van der Waals surface area contributed by atoms with Crippen LogP contribution in [0.15, 0.2) is 66.7 Å². The van der Waals surface area contributed by atoms with Gasteiger partial charge in [-0.1, -0.05) is 72.8 Å². The van der Waals surface area contributed by atoms with E-state index in [0.29, 0.717) is 0 Å². The maximum atomic E-state index is 11.3. The zero-order chi connectivity index (χ0) is 13.5. The average Bonchev–Trinajstić information content (AvgIpc) is 2.45. The molecule has 1 N–H and O–H groups in total. The van der Waals surface area contributed by atoms with Crippen LogP contribution in [0.4, 0.5) is 0 Å². The summed E-state index contributed by atoms with van der Waals surface area (Å²) in [5.74, 6) is -0.0356. The van der Waals surface area contributed by atoms with Crippen molar-refractivity contribution < 1.29 is 4.79 Å². The van der Waals surface area contributed by atoms with Gasteiger partial charge in [0.1, 0.15) is 0 Å². The molecule has 1 amide bonds. The molecular weight excluding hydrogens is 234 g/mol. The SMILES string of the molecule is CC(=O)NC(C=Cc1ccccc1)c1ccccc1. The lowest BCUT2D eigenvalue weighted by molar-refractivity contribution is -0.119. The van der Waals surface area contributed by atoms with Crippen molar-refractivity contribution in [3.05, 3.63) is 77.9 Å². The zero-order valence-electron chi connectivity index (χ0n) is 10.9. The van der Waals surface area contributed by atoms with E-state index in [4.69, 9.17) is 0 Å². The minimum absolute atomic E-state index is 0.0356. The van der Waals surface area contributed by atoms with E-state index in [2.05, 4.69) is 5.32 Å². The topological polar surface area (TPSA) is 29.1 Å². The Morgan fingerprint density at radius 1 is 1.00 bits per heavy atom. The predicted molar refractivity (Wildman–Crippen MR) is 78.5 cm³/mol. The molecule has 0 aliphatic rings. The Hall–Kier alpha value is -2.35. The van der Waals surface area contributed by atoms with Crippen molar-refractivity contribution in [3.63, 3.8) is 0 Å². The Bertz CT molecular complexity index is 546. The molecule has 0 saturated carbocycles. The van der Waals surface area contributed by atoms with Crippen LogP contribution in [0, 0.1) is 0 Å². The Morgan fingerprint density at radius 2 is 1.58 bits per heavy atom. The van der Waals surface area contributed by atoms with Crippen LogP contribution in [0.1, 0.15) is 24.1 Å². The van der Waals surface area contributed by atoms with Gasteiger partial charge in [-0.25, -0.2) is 0 Å². The van der Waals surface area contributed by atoms with E-state index in [1.807, 2.05) is 72.8 Å². The fourth-order valence-electron chi connectivity index (χ4n) is 1.89. The van der Waals surface area contributed by atoms with Crippen molar-refractivity contribution >= 4 is 12.0 Å². The first-order valence-corrected chi connectivity index (χ1v) is 6.31. The lowest BCUT2D eigenvalue weighted by atomic mass is 10.1. The molecular formula is C17H17NO. The van der Waals surface area contributed by atoms with Gasteiger partial charge >= 0.3 is 0 Å². The Kier molecular flexibility index (Phi) is 4.51. The molecule has 0 bridgehead atoms. The molecule has 19 heavy (non-hydrogen) atoms. The molecule has 0 heterocycles. The fourth-order valence-corrected chi connectivity index (χ4v) is 1.89. The third-order valence-electron chi connectivity index (χ3n) is 2.80. The van der Waals surface area contributed by atoms with Crippen LogP contribution in [0.3, 0.4) is 0 Å². The lowest BCUT2D eigenvalue weighted by Crippen LogP contribution is -2.24. The van der Waals surface area contributed by atoms with E-state index in [-0.39, 0.29) is 11.9 Å². The summed E-state index contributed by atoms with van der Waals surface area (Å²) in [6.07, 6.45) is 4.03. The van der Waals surface area contributed by atoms with Gasteiger partial charge < -0.3 is 5.32 Å². The number of hydrogen-bond donors (Lipinski definition) is 1. The van der Waals surface area contributed by atoms with Gasteiger partial charge in [-0.2, -0.15) is 0 Å². The van der Waals surface area contributed by atoms with Crippen molar-refractivity contribution in [1.82, 2.24) is 5.32 Å². The number of benzene rings is 2.